The fourth-order valence-electron chi connectivity index (χ4n) is 7.54. The fraction of sp³-hybridized carbons (Fsp3) is 0.0444. The van der Waals surface area contributed by atoms with Crippen molar-refractivity contribution >= 4 is 44.6 Å². The minimum Gasteiger partial charge on any atom is -0.504 e. The second-order valence-corrected chi connectivity index (χ2v) is 12.5. The maximum Gasteiger partial charge on any atom is 0.135 e. The Bertz CT molecular complexity index is 2520. The number of rotatable bonds is 6. The van der Waals surface area contributed by atoms with Gasteiger partial charge in [-0.3, -0.25) is 4.85 Å². The van der Waals surface area contributed by atoms with Crippen molar-refractivity contribution in [2.45, 2.75) is 5.41 Å². The van der Waals surface area contributed by atoms with E-state index in [1.54, 1.807) is 0 Å². The molecule has 0 unspecified atom stereocenters. The number of hydrogen-bond donors (Lipinski definition) is 0. The molecule has 8 aromatic rings. The Morgan fingerprint density at radius 2 is 1.33 bits per heavy atom. The summed E-state index contributed by atoms with van der Waals surface area (Å²) in [5.41, 5.74) is 8.47. The van der Waals surface area contributed by atoms with E-state index in [1.807, 2.05) is 67.8 Å². The van der Waals surface area contributed by atoms with E-state index in [-0.39, 0.29) is 21.1 Å². The maximum atomic E-state index is 8.26. The second-order valence-electron chi connectivity index (χ2n) is 12.5. The Kier molecular flexibility index (Phi) is 8.26. The Hall–Kier alpha value is -5.95. The van der Waals surface area contributed by atoms with Gasteiger partial charge in [-0.25, -0.2) is 4.98 Å². The van der Waals surface area contributed by atoms with Crippen LogP contribution in [-0.4, -0.2) is 16.6 Å². The van der Waals surface area contributed by atoms with E-state index in [0.717, 1.165) is 66.9 Å². The van der Waals surface area contributed by atoms with Crippen LogP contribution in [0.15, 0.2) is 158 Å². The van der Waals surface area contributed by atoms with Crippen molar-refractivity contribution in [1.29, 1.82) is 0 Å². The van der Waals surface area contributed by atoms with E-state index in [9.17, 15) is 0 Å². The van der Waals surface area contributed by atoms with Gasteiger partial charge in [0, 0.05) is 49.6 Å². The van der Waals surface area contributed by atoms with Gasteiger partial charge >= 0.3 is 0 Å². The zero-order chi connectivity index (χ0) is 33.7. The van der Waals surface area contributed by atoms with E-state index < -0.39 is 5.41 Å². The van der Waals surface area contributed by atoms with E-state index in [1.165, 1.54) is 0 Å². The molecule has 0 saturated heterocycles. The van der Waals surface area contributed by atoms with Crippen molar-refractivity contribution in [3.05, 3.63) is 210 Å². The first-order valence-electron chi connectivity index (χ1n) is 16.6. The summed E-state index contributed by atoms with van der Waals surface area (Å²) in [6, 6.07) is 60.0. The van der Waals surface area contributed by atoms with E-state index >= 15 is 0 Å². The van der Waals surface area contributed by atoms with Crippen LogP contribution >= 0.6 is 0 Å². The van der Waals surface area contributed by atoms with Crippen LogP contribution in [-0.2, 0) is 26.5 Å². The number of anilines is 3. The van der Waals surface area contributed by atoms with Gasteiger partial charge in [-0.2, -0.15) is 42.6 Å². The zero-order valence-electron chi connectivity index (χ0n) is 27.6. The van der Waals surface area contributed by atoms with E-state index in [2.05, 4.69) is 135 Å². The van der Waals surface area contributed by atoms with Crippen LogP contribution in [0.2, 0.25) is 0 Å². The number of nitrogens with zero attached hydrogens (tertiary/aromatic N) is 5. The molecule has 1 aliphatic heterocycles. The standard InChI is InChI=1S/C45H30N5.Pt/c1-46-36-27-35(28-37(30-36)49-31-48(2)41-21-11-12-22-42(41)49)45(32-15-5-3-6-16-32,33-17-7-4-8-18-33)34-24-25-39-38-19-9-10-20-40(38)50(43(39)29-34)44-23-13-14-26-47-44;/h3-27,30-31H,2H3;/q-3;. The second kappa shape index (κ2) is 13.1. The molecule has 2 aromatic heterocycles. The van der Waals surface area contributed by atoms with Gasteiger partial charge in [0.25, 0.3) is 0 Å². The van der Waals surface area contributed by atoms with Gasteiger partial charge in [0.15, 0.2) is 0 Å². The average Bonchev–Trinajstić information content (AvgIpc) is 3.70. The van der Waals surface area contributed by atoms with Crippen LogP contribution in [0, 0.1) is 25.4 Å². The van der Waals surface area contributed by atoms with Gasteiger partial charge in [0.05, 0.1) is 12.3 Å². The summed E-state index contributed by atoms with van der Waals surface area (Å²) in [6.07, 6.45) is 1.83. The summed E-state index contributed by atoms with van der Waals surface area (Å²) in [5, 5.41) is 2.23. The monoisotopic (exact) mass is 835 g/mol. The number of pyridine rings is 1. The average molecular weight is 836 g/mol. The van der Waals surface area contributed by atoms with Crippen LogP contribution in [0.3, 0.4) is 0 Å². The predicted molar refractivity (Wildman–Crippen MR) is 202 cm³/mol. The molecule has 0 N–H and O–H groups in total. The van der Waals surface area contributed by atoms with Crippen LogP contribution in [0.5, 0.6) is 0 Å². The molecular weight excluding hydrogens is 806 g/mol. The Morgan fingerprint density at radius 1 is 0.667 bits per heavy atom. The van der Waals surface area contributed by atoms with E-state index in [0.29, 0.717) is 5.69 Å². The van der Waals surface area contributed by atoms with Gasteiger partial charge in [0.1, 0.15) is 5.82 Å². The molecule has 0 fully saturated rings. The maximum absolute atomic E-state index is 8.26. The number of hydrogen-bond acceptors (Lipinski definition) is 3. The van der Waals surface area contributed by atoms with Crippen LogP contribution in [0.4, 0.5) is 22.7 Å². The molecule has 0 radical (unpaired) electrons. The molecular formula is C45H30N5Pt-3. The molecule has 0 atom stereocenters. The van der Waals surface area contributed by atoms with Gasteiger partial charge in [-0.05, 0) is 53.9 Å². The van der Waals surface area contributed by atoms with Gasteiger partial charge < -0.3 is 14.4 Å². The SMILES string of the molecule is [C-]#[N+]c1cc(N2[CH-]N(C)c3ccccc32)[c-]c(C(c2[c-]c3c(cc2)c2ccccc2n3-c2ccccn2)(c2ccccc2)c2ccccc2)c1.[Pt]. The molecule has 1 aliphatic rings. The van der Waals surface area contributed by atoms with Crippen molar-refractivity contribution in [2.75, 3.05) is 16.8 Å². The van der Waals surface area contributed by atoms with Gasteiger partial charge in [-0.1, -0.05) is 103 Å². The van der Waals surface area contributed by atoms with Crippen molar-refractivity contribution in [2.24, 2.45) is 0 Å². The van der Waals surface area contributed by atoms with Crippen molar-refractivity contribution in [3.63, 3.8) is 0 Å². The molecule has 0 spiro atoms. The first-order chi connectivity index (χ1) is 24.7. The van der Waals surface area contributed by atoms with Gasteiger partial charge in [-0.15, -0.1) is 22.7 Å². The summed E-state index contributed by atoms with van der Waals surface area (Å²) >= 11 is 0. The molecule has 9 rings (SSSR count). The molecule has 0 amide bonds. The Balaban J connectivity index is 0.00000374. The normalized spacial score (nSPS) is 12.5. The molecule has 5 nitrogen and oxygen atoms in total. The molecule has 0 bridgehead atoms. The van der Waals surface area contributed by atoms with Gasteiger partial charge in [0.2, 0.25) is 0 Å². The fourth-order valence-corrected chi connectivity index (χ4v) is 7.54. The zero-order valence-corrected chi connectivity index (χ0v) is 29.9. The molecule has 51 heavy (non-hydrogen) atoms. The quantitative estimate of drug-likeness (QED) is 0.123. The van der Waals surface area contributed by atoms with Crippen molar-refractivity contribution in [3.8, 4) is 5.82 Å². The summed E-state index contributed by atoms with van der Waals surface area (Å²) in [7, 11) is 2.04. The third-order valence-electron chi connectivity index (χ3n) is 9.72. The van der Waals surface area contributed by atoms with Crippen LogP contribution in [0.25, 0.3) is 32.5 Å². The minimum absolute atomic E-state index is 0. The third kappa shape index (κ3) is 5.14. The van der Waals surface area contributed by atoms with Crippen LogP contribution < -0.4 is 9.80 Å². The molecule has 6 heteroatoms. The van der Waals surface area contributed by atoms with Crippen molar-refractivity contribution in [1.82, 2.24) is 9.55 Å². The topological polar surface area (TPSA) is 28.7 Å². The minimum atomic E-state index is -0.886. The molecule has 0 aliphatic carbocycles. The summed E-state index contributed by atoms with van der Waals surface area (Å²) in [5.74, 6) is 0.827. The first-order valence-corrected chi connectivity index (χ1v) is 16.6. The number of aromatic nitrogens is 2. The van der Waals surface area contributed by atoms with Crippen LogP contribution in [0.1, 0.15) is 22.3 Å². The van der Waals surface area contributed by atoms with Crippen molar-refractivity contribution < 1.29 is 21.1 Å². The molecule has 0 saturated carbocycles. The number of fused-ring (bicyclic) bond motifs is 4. The van der Waals surface area contributed by atoms with E-state index in [4.69, 9.17) is 11.6 Å². The Morgan fingerprint density at radius 3 is 2.04 bits per heavy atom. The first kappa shape index (κ1) is 32.3. The predicted octanol–water partition coefficient (Wildman–Crippen LogP) is 10.4. The summed E-state index contributed by atoms with van der Waals surface area (Å²) in [4.78, 5) is 13.0. The molecule has 248 valence electrons. The summed E-state index contributed by atoms with van der Waals surface area (Å²) < 4.78 is 2.20. The third-order valence-corrected chi connectivity index (χ3v) is 9.72. The Labute approximate surface area is 312 Å². The number of benzene rings is 6. The number of para-hydroxylation sites is 3. The molecule has 3 heterocycles. The smallest absolute Gasteiger partial charge is 0.135 e. The summed E-state index contributed by atoms with van der Waals surface area (Å²) in [6.45, 7) is 10.3. The molecule has 6 aromatic carbocycles. The largest absolute Gasteiger partial charge is 0.504 e.